The van der Waals surface area contributed by atoms with Crippen LogP contribution in [0.4, 0.5) is 0 Å². The molecule has 2 fully saturated rings. The van der Waals surface area contributed by atoms with Gasteiger partial charge >= 0.3 is 0 Å². The maximum atomic E-state index is 12.2. The summed E-state index contributed by atoms with van der Waals surface area (Å²) in [4.78, 5) is 6.79. The Balaban J connectivity index is 0.00000364. The van der Waals surface area contributed by atoms with Crippen molar-refractivity contribution >= 4 is 40.0 Å². The van der Waals surface area contributed by atoms with Crippen LogP contribution >= 0.6 is 24.0 Å². The minimum Gasteiger partial charge on any atom is -0.377 e. The monoisotopic (exact) mass is 516 g/mol. The third-order valence-corrected chi connectivity index (χ3v) is 7.23. The van der Waals surface area contributed by atoms with E-state index in [1.54, 1.807) is 0 Å². The third-order valence-electron chi connectivity index (χ3n) is 5.90. The molecule has 2 heterocycles. The van der Waals surface area contributed by atoms with Crippen LogP contribution < -0.4 is 10.0 Å². The van der Waals surface area contributed by atoms with Gasteiger partial charge in [-0.15, -0.1) is 24.0 Å². The van der Waals surface area contributed by atoms with Gasteiger partial charge in [-0.05, 0) is 40.0 Å². The summed E-state index contributed by atoms with van der Waals surface area (Å²) in [6, 6.07) is 0. The molecule has 0 radical (unpaired) electrons. The Labute approximate surface area is 182 Å². The highest BCUT2D eigenvalue weighted by Crippen LogP contribution is 2.46. The van der Waals surface area contributed by atoms with Gasteiger partial charge < -0.3 is 15.0 Å². The van der Waals surface area contributed by atoms with Crippen LogP contribution in [0.25, 0.3) is 0 Å². The first-order valence-electron chi connectivity index (χ1n) is 9.74. The number of hydrogen-bond acceptors (Lipinski definition) is 4. The summed E-state index contributed by atoms with van der Waals surface area (Å²) in [5.41, 5.74) is 0.195. The molecule has 160 valence electrons. The molecular weight excluding hydrogens is 479 g/mol. The lowest BCUT2D eigenvalue weighted by atomic mass is 9.65. The van der Waals surface area contributed by atoms with E-state index in [1.807, 2.05) is 6.92 Å². The Morgan fingerprint density at radius 2 is 1.96 bits per heavy atom. The predicted octanol–water partition coefficient (Wildman–Crippen LogP) is 2.18. The van der Waals surface area contributed by atoms with Gasteiger partial charge in [0.2, 0.25) is 10.0 Å². The Bertz CT molecular complexity index is 602. The van der Waals surface area contributed by atoms with Gasteiger partial charge in [0.15, 0.2) is 5.96 Å². The fourth-order valence-corrected chi connectivity index (χ4v) is 4.24. The molecular formula is C18H37IN4O3S. The topological polar surface area (TPSA) is 83.0 Å². The molecule has 2 N–H and O–H groups in total. The largest absolute Gasteiger partial charge is 0.377 e. The number of guanidine groups is 1. The molecule has 2 rings (SSSR count). The van der Waals surface area contributed by atoms with Crippen molar-refractivity contribution in [3.8, 4) is 0 Å². The van der Waals surface area contributed by atoms with Gasteiger partial charge in [-0.3, -0.25) is 4.99 Å². The number of ether oxygens (including phenoxy) is 1. The van der Waals surface area contributed by atoms with Crippen LogP contribution in [0.3, 0.4) is 0 Å². The highest BCUT2D eigenvalue weighted by Gasteiger charge is 2.53. The van der Waals surface area contributed by atoms with E-state index in [2.05, 4.69) is 47.6 Å². The second-order valence-electron chi connectivity index (χ2n) is 8.42. The van der Waals surface area contributed by atoms with Gasteiger partial charge in [-0.25, -0.2) is 13.1 Å². The lowest BCUT2D eigenvalue weighted by Gasteiger charge is -2.62. The van der Waals surface area contributed by atoms with Crippen molar-refractivity contribution in [1.29, 1.82) is 0 Å². The Morgan fingerprint density at radius 3 is 2.48 bits per heavy atom. The van der Waals surface area contributed by atoms with E-state index in [0.717, 1.165) is 44.9 Å². The highest BCUT2D eigenvalue weighted by atomic mass is 127. The summed E-state index contributed by atoms with van der Waals surface area (Å²) < 4.78 is 32.7. The van der Waals surface area contributed by atoms with Crippen molar-refractivity contribution in [2.75, 3.05) is 38.5 Å². The maximum Gasteiger partial charge on any atom is 0.213 e. The van der Waals surface area contributed by atoms with E-state index in [0.29, 0.717) is 6.54 Å². The Hall–Kier alpha value is -0.130. The second kappa shape index (κ2) is 10.1. The minimum absolute atomic E-state index is 0. The first kappa shape index (κ1) is 24.9. The van der Waals surface area contributed by atoms with Crippen LogP contribution in [0.1, 0.15) is 53.9 Å². The van der Waals surface area contributed by atoms with Gasteiger partial charge in [-0.2, -0.15) is 0 Å². The summed E-state index contributed by atoms with van der Waals surface area (Å²) in [7, 11) is -3.34. The smallest absolute Gasteiger partial charge is 0.213 e. The molecule has 7 nitrogen and oxygen atoms in total. The molecule has 1 atom stereocenters. The van der Waals surface area contributed by atoms with Gasteiger partial charge in [0.25, 0.3) is 0 Å². The van der Waals surface area contributed by atoms with Crippen LogP contribution in [0.5, 0.6) is 0 Å². The molecule has 0 aliphatic carbocycles. The number of hydrogen-bond donors (Lipinski definition) is 2. The van der Waals surface area contributed by atoms with Crippen LogP contribution in [-0.2, 0) is 14.8 Å². The molecule has 2 saturated heterocycles. The van der Waals surface area contributed by atoms with Gasteiger partial charge in [0.05, 0.1) is 18.4 Å². The van der Waals surface area contributed by atoms with E-state index in [9.17, 15) is 8.42 Å². The molecule has 27 heavy (non-hydrogen) atoms. The summed E-state index contributed by atoms with van der Waals surface area (Å²) in [5.74, 6) is 0.786. The summed E-state index contributed by atoms with van der Waals surface area (Å²) >= 11 is 0. The van der Waals surface area contributed by atoms with Crippen molar-refractivity contribution < 1.29 is 13.2 Å². The Kier molecular flexibility index (Phi) is 9.29. The molecule has 0 amide bonds. The van der Waals surface area contributed by atoms with Gasteiger partial charge in [0.1, 0.15) is 0 Å². The second-order valence-corrected chi connectivity index (χ2v) is 10.3. The predicted molar refractivity (Wildman–Crippen MR) is 121 cm³/mol. The van der Waals surface area contributed by atoms with Crippen LogP contribution in [0.15, 0.2) is 4.99 Å². The van der Waals surface area contributed by atoms with Crippen molar-refractivity contribution in [3.63, 3.8) is 0 Å². The van der Waals surface area contributed by atoms with E-state index < -0.39 is 10.0 Å². The number of likely N-dealkylation sites (tertiary alicyclic amines) is 1. The summed E-state index contributed by atoms with van der Waals surface area (Å²) in [6.07, 6.45) is 3.09. The van der Waals surface area contributed by atoms with E-state index in [-0.39, 0.29) is 53.3 Å². The Morgan fingerprint density at radius 1 is 1.26 bits per heavy atom. The lowest BCUT2D eigenvalue weighted by Crippen LogP contribution is -2.72. The number of nitrogens with zero attached hydrogens (tertiary/aromatic N) is 2. The SMILES string of the molecule is CCNC(=NCCS(=O)(=O)NCC1CCCCO1)N1CC(C)(C)C1(C)C.I. The number of rotatable bonds is 7. The molecule has 0 spiro atoms. The van der Waals surface area contributed by atoms with Gasteiger partial charge in [-0.1, -0.05) is 13.8 Å². The maximum absolute atomic E-state index is 12.2. The molecule has 2 aliphatic heterocycles. The standard InChI is InChI=1S/C18H36N4O3S.HI/c1-6-19-16(22-14-17(2,3)18(22,4)5)20-10-12-26(23,24)21-13-15-9-7-8-11-25-15;/h15,21H,6-14H2,1-5H3,(H,19,20);1H. The zero-order valence-electron chi connectivity index (χ0n) is 17.4. The molecule has 1 unspecified atom stereocenters. The average molecular weight is 516 g/mol. The fourth-order valence-electron chi connectivity index (χ4n) is 3.33. The van der Waals surface area contributed by atoms with E-state index in [4.69, 9.17) is 4.74 Å². The van der Waals surface area contributed by atoms with Crippen molar-refractivity contribution in [3.05, 3.63) is 0 Å². The third kappa shape index (κ3) is 6.43. The first-order chi connectivity index (χ1) is 12.1. The molecule has 0 bridgehead atoms. The van der Waals surface area contributed by atoms with E-state index in [1.165, 1.54) is 0 Å². The number of aliphatic imine (C=N–C) groups is 1. The quantitative estimate of drug-likeness (QED) is 0.308. The first-order valence-corrected chi connectivity index (χ1v) is 11.4. The van der Waals surface area contributed by atoms with Crippen LogP contribution in [0, 0.1) is 5.41 Å². The number of nitrogens with one attached hydrogen (secondary N) is 2. The molecule has 0 aromatic rings. The fraction of sp³-hybridized carbons (Fsp3) is 0.944. The number of halogens is 1. The van der Waals surface area contributed by atoms with Crippen molar-refractivity contribution in [1.82, 2.24) is 14.9 Å². The van der Waals surface area contributed by atoms with Crippen LogP contribution in [-0.4, -0.2) is 69.5 Å². The van der Waals surface area contributed by atoms with Crippen molar-refractivity contribution in [2.45, 2.75) is 65.5 Å². The zero-order chi connectivity index (χ0) is 19.4. The molecule has 0 saturated carbocycles. The van der Waals surface area contributed by atoms with Gasteiger partial charge in [0, 0.05) is 37.2 Å². The molecule has 0 aromatic heterocycles. The average Bonchev–Trinajstić information content (AvgIpc) is 2.58. The van der Waals surface area contributed by atoms with Crippen LogP contribution in [0.2, 0.25) is 0 Å². The summed E-state index contributed by atoms with van der Waals surface area (Å²) in [5, 5.41) is 3.29. The highest BCUT2D eigenvalue weighted by molar-refractivity contribution is 14.0. The minimum atomic E-state index is -3.34. The van der Waals surface area contributed by atoms with E-state index >= 15 is 0 Å². The normalized spacial score (nSPS) is 24.7. The number of sulfonamides is 1. The van der Waals surface area contributed by atoms with Crippen molar-refractivity contribution in [2.24, 2.45) is 10.4 Å². The zero-order valence-corrected chi connectivity index (χ0v) is 20.5. The lowest BCUT2D eigenvalue weighted by molar-refractivity contribution is -0.0667. The molecule has 9 heteroatoms. The molecule has 0 aromatic carbocycles. The summed E-state index contributed by atoms with van der Waals surface area (Å²) in [6.45, 7) is 13.9. The molecule has 2 aliphatic rings.